The number of nitrogens with one attached hydrogen (secondary N) is 1. The topological polar surface area (TPSA) is 71.8 Å². The molecule has 2 amide bonds. The molecule has 1 aromatic heterocycles. The SMILES string of the molecule is CC1COCCN1C(=O)c1cccc(NC(=O)c2ccco2)c1. The summed E-state index contributed by atoms with van der Waals surface area (Å²) in [6, 6.07) is 10.2. The number of amides is 2. The zero-order valence-electron chi connectivity index (χ0n) is 12.8. The Hall–Kier alpha value is -2.60. The molecule has 1 atom stereocenters. The van der Waals surface area contributed by atoms with Crippen LogP contribution in [0.2, 0.25) is 0 Å². The highest BCUT2D eigenvalue weighted by Gasteiger charge is 2.24. The zero-order chi connectivity index (χ0) is 16.2. The van der Waals surface area contributed by atoms with E-state index in [1.165, 1.54) is 6.26 Å². The summed E-state index contributed by atoms with van der Waals surface area (Å²) in [4.78, 5) is 26.4. The Kier molecular flexibility index (Phi) is 4.43. The molecule has 1 N–H and O–H groups in total. The fraction of sp³-hybridized carbons (Fsp3) is 0.294. The Labute approximate surface area is 134 Å². The first-order valence-corrected chi connectivity index (χ1v) is 7.49. The van der Waals surface area contributed by atoms with E-state index < -0.39 is 0 Å². The molecule has 1 aliphatic rings. The Balaban J connectivity index is 1.74. The quantitative estimate of drug-likeness (QED) is 0.944. The average Bonchev–Trinajstić information content (AvgIpc) is 3.09. The van der Waals surface area contributed by atoms with Crippen LogP contribution in [-0.2, 0) is 4.74 Å². The molecule has 1 aromatic carbocycles. The summed E-state index contributed by atoms with van der Waals surface area (Å²) < 4.78 is 10.4. The molecule has 1 aliphatic heterocycles. The molecule has 2 aromatic rings. The maximum Gasteiger partial charge on any atom is 0.291 e. The van der Waals surface area contributed by atoms with E-state index in [-0.39, 0.29) is 23.6 Å². The maximum absolute atomic E-state index is 12.6. The third-order valence-electron chi connectivity index (χ3n) is 3.74. The second-order valence-corrected chi connectivity index (χ2v) is 5.43. The lowest BCUT2D eigenvalue weighted by Crippen LogP contribution is -2.47. The summed E-state index contributed by atoms with van der Waals surface area (Å²) in [5, 5.41) is 2.73. The van der Waals surface area contributed by atoms with Gasteiger partial charge >= 0.3 is 0 Å². The number of carbonyl (C=O) groups is 2. The van der Waals surface area contributed by atoms with Crippen LogP contribution in [0.4, 0.5) is 5.69 Å². The molecule has 120 valence electrons. The van der Waals surface area contributed by atoms with Crippen LogP contribution in [-0.4, -0.2) is 42.5 Å². The van der Waals surface area contributed by atoms with Crippen molar-refractivity contribution >= 4 is 17.5 Å². The van der Waals surface area contributed by atoms with E-state index >= 15 is 0 Å². The lowest BCUT2D eigenvalue weighted by Gasteiger charge is -2.33. The summed E-state index contributed by atoms with van der Waals surface area (Å²) in [6.07, 6.45) is 1.44. The third-order valence-corrected chi connectivity index (χ3v) is 3.74. The van der Waals surface area contributed by atoms with Crippen LogP contribution < -0.4 is 5.32 Å². The van der Waals surface area contributed by atoms with Gasteiger partial charge in [0.05, 0.1) is 25.5 Å². The fourth-order valence-electron chi connectivity index (χ4n) is 2.53. The van der Waals surface area contributed by atoms with Crippen LogP contribution in [0.3, 0.4) is 0 Å². The maximum atomic E-state index is 12.6. The van der Waals surface area contributed by atoms with Gasteiger partial charge < -0.3 is 19.4 Å². The van der Waals surface area contributed by atoms with Gasteiger partial charge in [0, 0.05) is 17.8 Å². The molecule has 0 spiro atoms. The molecule has 1 saturated heterocycles. The van der Waals surface area contributed by atoms with Crippen LogP contribution in [0.15, 0.2) is 47.1 Å². The second kappa shape index (κ2) is 6.66. The number of morpholine rings is 1. The van der Waals surface area contributed by atoms with Gasteiger partial charge in [0.25, 0.3) is 11.8 Å². The van der Waals surface area contributed by atoms with E-state index in [1.54, 1.807) is 41.3 Å². The first kappa shape index (κ1) is 15.3. The van der Waals surface area contributed by atoms with Gasteiger partial charge in [0.1, 0.15) is 0 Å². The van der Waals surface area contributed by atoms with Crippen molar-refractivity contribution in [3.8, 4) is 0 Å². The minimum absolute atomic E-state index is 0.0395. The van der Waals surface area contributed by atoms with E-state index in [1.807, 2.05) is 6.92 Å². The normalized spacial score (nSPS) is 17.8. The highest BCUT2D eigenvalue weighted by molar-refractivity contribution is 6.03. The number of nitrogens with zero attached hydrogens (tertiary/aromatic N) is 1. The number of hydrogen-bond donors (Lipinski definition) is 1. The van der Waals surface area contributed by atoms with Gasteiger partial charge in [-0.25, -0.2) is 0 Å². The van der Waals surface area contributed by atoms with Crippen LogP contribution in [0.25, 0.3) is 0 Å². The number of rotatable bonds is 3. The Morgan fingerprint density at radius 3 is 2.87 bits per heavy atom. The van der Waals surface area contributed by atoms with Crippen molar-refractivity contribution in [3.63, 3.8) is 0 Å². The smallest absolute Gasteiger partial charge is 0.291 e. The van der Waals surface area contributed by atoms with E-state index in [2.05, 4.69) is 5.32 Å². The lowest BCUT2D eigenvalue weighted by atomic mass is 10.1. The van der Waals surface area contributed by atoms with Gasteiger partial charge in [-0.2, -0.15) is 0 Å². The molecule has 6 heteroatoms. The summed E-state index contributed by atoms with van der Waals surface area (Å²) in [6.45, 7) is 3.62. The summed E-state index contributed by atoms with van der Waals surface area (Å²) in [7, 11) is 0. The van der Waals surface area contributed by atoms with Crippen molar-refractivity contribution in [3.05, 3.63) is 54.0 Å². The zero-order valence-corrected chi connectivity index (χ0v) is 12.8. The van der Waals surface area contributed by atoms with E-state index in [0.29, 0.717) is 31.0 Å². The predicted octanol–water partition coefficient (Wildman–Crippen LogP) is 2.39. The van der Waals surface area contributed by atoms with Crippen molar-refractivity contribution in [2.75, 3.05) is 25.1 Å². The molecule has 0 radical (unpaired) electrons. The van der Waals surface area contributed by atoms with Gasteiger partial charge in [-0.15, -0.1) is 0 Å². The van der Waals surface area contributed by atoms with Crippen molar-refractivity contribution in [1.29, 1.82) is 0 Å². The third kappa shape index (κ3) is 3.43. The molecule has 1 fully saturated rings. The lowest BCUT2D eigenvalue weighted by molar-refractivity contribution is 0.00359. The minimum atomic E-state index is -0.348. The van der Waals surface area contributed by atoms with Crippen molar-refractivity contribution in [2.45, 2.75) is 13.0 Å². The van der Waals surface area contributed by atoms with Gasteiger partial charge in [0.2, 0.25) is 0 Å². The number of anilines is 1. The van der Waals surface area contributed by atoms with Gasteiger partial charge in [-0.1, -0.05) is 6.07 Å². The van der Waals surface area contributed by atoms with E-state index in [4.69, 9.17) is 9.15 Å². The molecule has 0 aliphatic carbocycles. The summed E-state index contributed by atoms with van der Waals surface area (Å²) in [5.74, 6) is -0.183. The van der Waals surface area contributed by atoms with Gasteiger partial charge in [0.15, 0.2) is 5.76 Å². The summed E-state index contributed by atoms with van der Waals surface area (Å²) in [5.41, 5.74) is 1.09. The molecule has 23 heavy (non-hydrogen) atoms. The largest absolute Gasteiger partial charge is 0.459 e. The predicted molar refractivity (Wildman–Crippen MR) is 84.4 cm³/mol. The number of furan rings is 1. The number of benzene rings is 1. The fourth-order valence-corrected chi connectivity index (χ4v) is 2.53. The molecule has 2 heterocycles. The van der Waals surface area contributed by atoms with E-state index in [9.17, 15) is 9.59 Å². The highest BCUT2D eigenvalue weighted by Crippen LogP contribution is 2.17. The average molecular weight is 314 g/mol. The van der Waals surface area contributed by atoms with Crippen molar-refractivity contribution in [1.82, 2.24) is 4.90 Å². The van der Waals surface area contributed by atoms with Crippen LogP contribution in [0.5, 0.6) is 0 Å². The first-order chi connectivity index (χ1) is 11.1. The van der Waals surface area contributed by atoms with Crippen molar-refractivity contribution in [2.24, 2.45) is 0 Å². The van der Waals surface area contributed by atoms with Gasteiger partial charge in [-0.05, 0) is 37.3 Å². The Morgan fingerprint density at radius 2 is 2.13 bits per heavy atom. The molecule has 6 nitrogen and oxygen atoms in total. The summed E-state index contributed by atoms with van der Waals surface area (Å²) >= 11 is 0. The second-order valence-electron chi connectivity index (χ2n) is 5.43. The molecule has 1 unspecified atom stereocenters. The minimum Gasteiger partial charge on any atom is -0.459 e. The Bertz CT molecular complexity index is 696. The van der Waals surface area contributed by atoms with Crippen molar-refractivity contribution < 1.29 is 18.7 Å². The molecular weight excluding hydrogens is 296 g/mol. The van der Waals surface area contributed by atoms with E-state index in [0.717, 1.165) is 0 Å². The number of ether oxygens (including phenoxy) is 1. The number of hydrogen-bond acceptors (Lipinski definition) is 4. The van der Waals surface area contributed by atoms with Crippen LogP contribution in [0, 0.1) is 0 Å². The Morgan fingerprint density at radius 1 is 1.26 bits per heavy atom. The monoisotopic (exact) mass is 314 g/mol. The molecule has 0 bridgehead atoms. The van der Waals surface area contributed by atoms with Crippen LogP contribution >= 0.6 is 0 Å². The van der Waals surface area contributed by atoms with Gasteiger partial charge in [-0.3, -0.25) is 9.59 Å². The number of carbonyl (C=O) groups excluding carboxylic acids is 2. The molecular formula is C17H18N2O4. The molecule has 3 rings (SSSR count). The first-order valence-electron chi connectivity index (χ1n) is 7.49. The van der Waals surface area contributed by atoms with Crippen LogP contribution in [0.1, 0.15) is 27.8 Å². The highest BCUT2D eigenvalue weighted by atomic mass is 16.5. The molecule has 0 saturated carbocycles. The standard InChI is InChI=1S/C17H18N2O4/c1-12-11-22-9-7-19(12)17(21)13-4-2-5-14(10-13)18-16(20)15-6-3-8-23-15/h2-6,8,10,12H,7,9,11H2,1H3,(H,18,20).